The largest absolute Gasteiger partial charge is 0.253 e. The van der Waals surface area contributed by atoms with Crippen LogP contribution in [0.2, 0.25) is 0 Å². The topological polar surface area (TPSA) is 38.7 Å². The molecule has 2 heterocycles. The van der Waals surface area contributed by atoms with E-state index in [1.807, 2.05) is 25.1 Å². The van der Waals surface area contributed by atoms with Crippen LogP contribution in [0.4, 0.5) is 0 Å². The van der Waals surface area contributed by atoms with Crippen molar-refractivity contribution in [1.82, 2.24) is 15.0 Å². The lowest BCUT2D eigenvalue weighted by Gasteiger charge is -2.15. The summed E-state index contributed by atoms with van der Waals surface area (Å²) >= 11 is 0. The molecule has 11 rings (SSSR count). The Hall–Kier alpha value is -8.01. The van der Waals surface area contributed by atoms with Gasteiger partial charge in [-0.2, -0.15) is 0 Å². The van der Waals surface area contributed by atoms with Crippen molar-refractivity contribution >= 4 is 32.3 Å². The van der Waals surface area contributed by atoms with Crippen LogP contribution in [-0.2, 0) is 0 Å². The molecule has 3 nitrogen and oxygen atoms in total. The smallest absolute Gasteiger partial charge is 0.160 e. The fourth-order valence-electron chi connectivity index (χ4n) is 8.66. The Labute approximate surface area is 355 Å². The molecule has 0 saturated heterocycles. The van der Waals surface area contributed by atoms with Crippen molar-refractivity contribution in [1.29, 1.82) is 0 Å². The van der Waals surface area contributed by atoms with Gasteiger partial charge in [0.15, 0.2) is 5.82 Å². The van der Waals surface area contributed by atoms with E-state index in [1.54, 1.807) is 0 Å². The molecule has 0 amide bonds. The first-order chi connectivity index (χ1) is 30.1. The van der Waals surface area contributed by atoms with Gasteiger partial charge in [-0.05, 0) is 115 Å². The number of hydrogen-bond donors (Lipinski definition) is 0. The number of rotatable bonds is 7. The SMILES string of the molecule is Cc1cccc(-c2ccc(-c3ccc(-c4cc(-c5ccc6c7ccccc7c7ccccc7c6c5)cc(-c5nc(-c6ccccc6)cc(-c6ccccc6)n5)c4)cc3)cc2)n1. The van der Waals surface area contributed by atoms with E-state index >= 15 is 0 Å². The summed E-state index contributed by atoms with van der Waals surface area (Å²) in [6.45, 7) is 2.03. The maximum atomic E-state index is 5.27. The predicted octanol–water partition coefficient (Wildman–Crippen LogP) is 15.3. The molecule has 2 aromatic heterocycles. The third-order valence-corrected chi connectivity index (χ3v) is 11.8. The molecule has 0 atom stereocenters. The molecule has 0 aliphatic carbocycles. The number of pyridine rings is 1. The zero-order valence-electron chi connectivity index (χ0n) is 33.6. The van der Waals surface area contributed by atoms with Gasteiger partial charge >= 0.3 is 0 Å². The first-order valence-electron chi connectivity index (χ1n) is 20.8. The quantitative estimate of drug-likeness (QED) is 0.151. The van der Waals surface area contributed by atoms with E-state index in [4.69, 9.17) is 15.0 Å². The zero-order valence-corrected chi connectivity index (χ0v) is 33.6. The average Bonchev–Trinajstić information content (AvgIpc) is 3.34. The van der Waals surface area contributed by atoms with Gasteiger partial charge in [0.05, 0.1) is 17.1 Å². The maximum absolute atomic E-state index is 5.27. The summed E-state index contributed by atoms with van der Waals surface area (Å²) < 4.78 is 0. The second-order valence-corrected chi connectivity index (χ2v) is 15.7. The molecule has 0 fully saturated rings. The number of nitrogens with zero attached hydrogens (tertiary/aromatic N) is 3. The first kappa shape index (κ1) is 36.1. The molecule has 0 radical (unpaired) electrons. The van der Waals surface area contributed by atoms with Crippen LogP contribution in [0.5, 0.6) is 0 Å². The highest BCUT2D eigenvalue weighted by molar-refractivity contribution is 6.25. The molecular formula is C58H39N3. The van der Waals surface area contributed by atoms with Crippen molar-refractivity contribution in [3.8, 4) is 78.5 Å². The summed E-state index contributed by atoms with van der Waals surface area (Å²) in [5, 5.41) is 7.53. The van der Waals surface area contributed by atoms with Gasteiger partial charge in [0.25, 0.3) is 0 Å². The Morgan fingerprint density at radius 3 is 1.18 bits per heavy atom. The summed E-state index contributed by atoms with van der Waals surface area (Å²) in [4.78, 5) is 15.3. The Balaban J connectivity index is 1.07. The van der Waals surface area contributed by atoms with Crippen molar-refractivity contribution < 1.29 is 0 Å². The Bertz CT molecular complexity index is 3300. The zero-order chi connectivity index (χ0) is 40.7. The minimum absolute atomic E-state index is 0.681. The van der Waals surface area contributed by atoms with Crippen LogP contribution in [-0.4, -0.2) is 15.0 Å². The van der Waals surface area contributed by atoms with Gasteiger partial charge in [-0.25, -0.2) is 9.97 Å². The highest BCUT2D eigenvalue weighted by Gasteiger charge is 2.16. The average molecular weight is 778 g/mol. The molecule has 286 valence electrons. The van der Waals surface area contributed by atoms with Crippen LogP contribution in [0.15, 0.2) is 218 Å². The van der Waals surface area contributed by atoms with Gasteiger partial charge in [-0.3, -0.25) is 4.98 Å². The molecule has 11 aromatic rings. The fraction of sp³-hybridized carbons (Fsp3) is 0.0172. The van der Waals surface area contributed by atoms with Gasteiger partial charge in [0, 0.05) is 27.9 Å². The number of aryl methyl sites for hydroxylation is 1. The molecule has 0 aliphatic heterocycles. The van der Waals surface area contributed by atoms with E-state index in [0.717, 1.165) is 78.4 Å². The van der Waals surface area contributed by atoms with Crippen LogP contribution in [0, 0.1) is 6.92 Å². The van der Waals surface area contributed by atoms with Gasteiger partial charge in [0.2, 0.25) is 0 Å². The van der Waals surface area contributed by atoms with Gasteiger partial charge in [0.1, 0.15) is 0 Å². The lowest BCUT2D eigenvalue weighted by Crippen LogP contribution is -1.97. The highest BCUT2D eigenvalue weighted by atomic mass is 14.9. The van der Waals surface area contributed by atoms with Gasteiger partial charge in [-0.15, -0.1) is 0 Å². The predicted molar refractivity (Wildman–Crippen MR) is 255 cm³/mol. The lowest BCUT2D eigenvalue weighted by molar-refractivity contribution is 1.18. The number of aromatic nitrogens is 3. The van der Waals surface area contributed by atoms with E-state index in [-0.39, 0.29) is 0 Å². The number of benzene rings is 9. The third kappa shape index (κ3) is 6.92. The summed E-state index contributed by atoms with van der Waals surface area (Å²) in [5.74, 6) is 0.681. The summed E-state index contributed by atoms with van der Waals surface area (Å²) in [5.41, 5.74) is 14.7. The van der Waals surface area contributed by atoms with Gasteiger partial charge < -0.3 is 0 Å². The van der Waals surface area contributed by atoms with Crippen molar-refractivity contribution in [3.63, 3.8) is 0 Å². The van der Waals surface area contributed by atoms with E-state index in [2.05, 4.69) is 200 Å². The normalized spacial score (nSPS) is 11.4. The molecule has 0 bridgehead atoms. The lowest BCUT2D eigenvalue weighted by atomic mass is 9.90. The molecule has 0 unspecified atom stereocenters. The Morgan fingerprint density at radius 2 is 0.639 bits per heavy atom. The number of hydrogen-bond acceptors (Lipinski definition) is 3. The van der Waals surface area contributed by atoms with Crippen molar-refractivity contribution in [3.05, 3.63) is 224 Å². The molecular weight excluding hydrogens is 739 g/mol. The fourth-order valence-corrected chi connectivity index (χ4v) is 8.66. The molecule has 0 N–H and O–H groups in total. The third-order valence-electron chi connectivity index (χ3n) is 11.8. The van der Waals surface area contributed by atoms with Crippen LogP contribution >= 0.6 is 0 Å². The molecule has 3 heteroatoms. The summed E-state index contributed by atoms with van der Waals surface area (Å²) in [6, 6.07) is 77.8. The molecule has 0 saturated carbocycles. The Morgan fingerprint density at radius 1 is 0.230 bits per heavy atom. The van der Waals surface area contributed by atoms with Gasteiger partial charge in [-0.1, -0.05) is 176 Å². The second kappa shape index (κ2) is 15.3. The minimum atomic E-state index is 0.681. The monoisotopic (exact) mass is 777 g/mol. The minimum Gasteiger partial charge on any atom is -0.253 e. The second-order valence-electron chi connectivity index (χ2n) is 15.7. The molecule has 9 aromatic carbocycles. The van der Waals surface area contributed by atoms with Crippen molar-refractivity contribution in [2.45, 2.75) is 6.92 Å². The number of fused-ring (bicyclic) bond motifs is 6. The maximum Gasteiger partial charge on any atom is 0.160 e. The van der Waals surface area contributed by atoms with Crippen molar-refractivity contribution in [2.75, 3.05) is 0 Å². The highest BCUT2D eigenvalue weighted by Crippen LogP contribution is 2.40. The van der Waals surface area contributed by atoms with E-state index in [9.17, 15) is 0 Å². The van der Waals surface area contributed by atoms with Crippen LogP contribution in [0.25, 0.3) is 111 Å². The van der Waals surface area contributed by atoms with E-state index in [1.165, 1.54) is 32.3 Å². The molecule has 0 spiro atoms. The molecule has 0 aliphatic rings. The van der Waals surface area contributed by atoms with Crippen LogP contribution in [0.3, 0.4) is 0 Å². The first-order valence-corrected chi connectivity index (χ1v) is 20.8. The van der Waals surface area contributed by atoms with Crippen LogP contribution in [0.1, 0.15) is 5.69 Å². The Kier molecular flexibility index (Phi) is 9.05. The van der Waals surface area contributed by atoms with Crippen LogP contribution < -0.4 is 0 Å². The van der Waals surface area contributed by atoms with E-state index < -0.39 is 0 Å². The summed E-state index contributed by atoms with van der Waals surface area (Å²) in [7, 11) is 0. The summed E-state index contributed by atoms with van der Waals surface area (Å²) in [6.07, 6.45) is 0. The van der Waals surface area contributed by atoms with Crippen molar-refractivity contribution in [2.24, 2.45) is 0 Å². The standard InChI is InChI=1S/C58H39N3/c1-38-13-12-22-55(59-38)44-29-27-40(28-30-44)39-23-25-41(26-24-39)46-33-47(45-31-32-53-51-20-9-8-18-49(51)50-19-10-11-21-52(50)54(53)36-45)35-48(34-46)58-60-56(42-14-4-2-5-15-42)37-57(61-58)43-16-6-3-7-17-43/h2-37H,1H3. The van der Waals surface area contributed by atoms with E-state index in [0.29, 0.717) is 5.82 Å². The molecule has 61 heavy (non-hydrogen) atoms.